The standard InChI is InChI=1S/C21H19ClF4N2O2/c1-12-4-2-6-16(23)18(12)20(30)28-9-3-5-13(11-28)19(29)27-17-10-14(21(24,25)26)7-8-15(17)22/h2,4,6-8,10,13H,3,5,9,11H2,1H3,(H,27,29)/t13-/m0/s1. The molecular weight excluding hydrogens is 424 g/mol. The molecule has 2 amide bonds. The van der Waals surface area contributed by atoms with Gasteiger partial charge in [-0.25, -0.2) is 4.39 Å². The van der Waals surface area contributed by atoms with Crippen LogP contribution in [0.5, 0.6) is 0 Å². The third-order valence-electron chi connectivity index (χ3n) is 5.07. The van der Waals surface area contributed by atoms with Crippen LogP contribution in [0, 0.1) is 18.7 Å². The number of amides is 2. The van der Waals surface area contributed by atoms with E-state index in [2.05, 4.69) is 5.32 Å². The molecule has 2 aromatic carbocycles. The lowest BCUT2D eigenvalue weighted by atomic mass is 9.95. The summed E-state index contributed by atoms with van der Waals surface area (Å²) in [4.78, 5) is 26.8. The average molecular weight is 443 g/mol. The summed E-state index contributed by atoms with van der Waals surface area (Å²) in [5.41, 5.74) is -0.635. The first-order valence-electron chi connectivity index (χ1n) is 9.30. The SMILES string of the molecule is Cc1cccc(F)c1C(=O)N1CCC[C@H](C(=O)Nc2cc(C(F)(F)F)ccc2Cl)C1. The lowest BCUT2D eigenvalue weighted by Gasteiger charge is -2.32. The maximum atomic E-state index is 14.1. The molecule has 1 fully saturated rings. The summed E-state index contributed by atoms with van der Waals surface area (Å²) in [6.45, 7) is 2.02. The van der Waals surface area contributed by atoms with E-state index in [0.717, 1.165) is 18.2 Å². The molecule has 4 nitrogen and oxygen atoms in total. The van der Waals surface area contributed by atoms with Crippen LogP contribution in [0.25, 0.3) is 0 Å². The topological polar surface area (TPSA) is 49.4 Å². The number of halogens is 5. The van der Waals surface area contributed by atoms with Crippen molar-refractivity contribution in [3.63, 3.8) is 0 Å². The van der Waals surface area contributed by atoms with Crippen molar-refractivity contribution in [3.8, 4) is 0 Å². The third kappa shape index (κ3) is 4.75. The van der Waals surface area contributed by atoms with E-state index in [-0.39, 0.29) is 22.8 Å². The van der Waals surface area contributed by atoms with Crippen molar-refractivity contribution in [2.75, 3.05) is 18.4 Å². The van der Waals surface area contributed by atoms with Gasteiger partial charge >= 0.3 is 6.18 Å². The van der Waals surface area contributed by atoms with Crippen LogP contribution in [-0.4, -0.2) is 29.8 Å². The summed E-state index contributed by atoms with van der Waals surface area (Å²) in [6.07, 6.45) is -3.62. The van der Waals surface area contributed by atoms with Crippen molar-refractivity contribution in [1.82, 2.24) is 4.90 Å². The predicted molar refractivity (Wildman–Crippen MR) is 105 cm³/mol. The fraction of sp³-hybridized carbons (Fsp3) is 0.333. The number of benzene rings is 2. The molecule has 1 atom stereocenters. The Morgan fingerprint density at radius 2 is 1.93 bits per heavy atom. The number of carbonyl (C=O) groups is 2. The zero-order valence-electron chi connectivity index (χ0n) is 16.0. The van der Waals surface area contributed by atoms with Crippen LogP contribution >= 0.6 is 11.6 Å². The van der Waals surface area contributed by atoms with Gasteiger partial charge in [0, 0.05) is 13.1 Å². The zero-order chi connectivity index (χ0) is 22.1. The lowest BCUT2D eigenvalue weighted by molar-refractivity contribution is -0.137. The van der Waals surface area contributed by atoms with Crippen molar-refractivity contribution in [2.24, 2.45) is 5.92 Å². The number of aryl methyl sites for hydroxylation is 1. The summed E-state index contributed by atoms with van der Waals surface area (Å²) >= 11 is 5.94. The highest BCUT2D eigenvalue weighted by molar-refractivity contribution is 6.33. The number of nitrogens with one attached hydrogen (secondary N) is 1. The van der Waals surface area contributed by atoms with Crippen LogP contribution in [0.15, 0.2) is 36.4 Å². The Bertz CT molecular complexity index is 958. The van der Waals surface area contributed by atoms with Crippen molar-refractivity contribution >= 4 is 29.1 Å². The smallest absolute Gasteiger partial charge is 0.338 e. The Kier molecular flexibility index (Phi) is 6.36. The largest absolute Gasteiger partial charge is 0.416 e. The summed E-state index contributed by atoms with van der Waals surface area (Å²) in [5.74, 6) is -2.35. The molecule has 3 rings (SSSR count). The molecule has 0 aromatic heterocycles. The Balaban J connectivity index is 1.74. The molecule has 0 unspecified atom stereocenters. The van der Waals surface area contributed by atoms with Gasteiger partial charge in [0.1, 0.15) is 5.82 Å². The quantitative estimate of drug-likeness (QED) is 0.656. The number of nitrogens with zero attached hydrogens (tertiary/aromatic N) is 1. The number of hydrogen-bond acceptors (Lipinski definition) is 2. The molecule has 0 spiro atoms. The fourth-order valence-corrected chi connectivity index (χ4v) is 3.63. The highest BCUT2D eigenvalue weighted by atomic mass is 35.5. The van der Waals surface area contributed by atoms with Crippen molar-refractivity contribution in [2.45, 2.75) is 25.9 Å². The number of anilines is 1. The van der Waals surface area contributed by atoms with Gasteiger partial charge < -0.3 is 10.2 Å². The second kappa shape index (κ2) is 8.63. The first kappa shape index (κ1) is 22.1. The van der Waals surface area contributed by atoms with Crippen LogP contribution in [0.3, 0.4) is 0 Å². The third-order valence-corrected chi connectivity index (χ3v) is 5.40. The van der Waals surface area contributed by atoms with Gasteiger partial charge in [-0.3, -0.25) is 9.59 Å². The molecule has 1 aliphatic heterocycles. The van der Waals surface area contributed by atoms with Crippen LogP contribution in [0.1, 0.15) is 34.3 Å². The summed E-state index contributed by atoms with van der Waals surface area (Å²) in [5, 5.41) is 2.41. The van der Waals surface area contributed by atoms with Crippen molar-refractivity contribution < 1.29 is 27.2 Å². The Morgan fingerprint density at radius 1 is 1.20 bits per heavy atom. The van der Waals surface area contributed by atoms with E-state index in [9.17, 15) is 27.2 Å². The number of hydrogen-bond donors (Lipinski definition) is 1. The lowest BCUT2D eigenvalue weighted by Crippen LogP contribution is -2.44. The summed E-state index contributed by atoms with van der Waals surface area (Å²) < 4.78 is 52.9. The van der Waals surface area contributed by atoms with Gasteiger partial charge in [0.15, 0.2) is 0 Å². The summed E-state index contributed by atoms with van der Waals surface area (Å²) in [7, 11) is 0. The molecule has 30 heavy (non-hydrogen) atoms. The van der Waals surface area contributed by atoms with Crippen LogP contribution in [0.4, 0.5) is 23.2 Å². The number of piperidine rings is 1. The van der Waals surface area contributed by atoms with E-state index in [1.165, 1.54) is 17.0 Å². The zero-order valence-corrected chi connectivity index (χ0v) is 16.8. The van der Waals surface area contributed by atoms with E-state index in [0.29, 0.717) is 24.9 Å². The molecule has 1 saturated heterocycles. The van der Waals surface area contributed by atoms with E-state index < -0.39 is 35.3 Å². The predicted octanol–water partition coefficient (Wildman–Crippen LogP) is 5.30. The molecular formula is C21H19ClF4N2O2. The molecule has 1 heterocycles. The molecule has 0 saturated carbocycles. The fourth-order valence-electron chi connectivity index (χ4n) is 3.47. The van der Waals surface area contributed by atoms with Gasteiger partial charge in [0.2, 0.25) is 5.91 Å². The molecule has 1 N–H and O–H groups in total. The van der Waals surface area contributed by atoms with Crippen molar-refractivity contribution in [3.05, 3.63) is 63.9 Å². The molecule has 9 heteroatoms. The van der Waals surface area contributed by atoms with Gasteiger partial charge in [0.25, 0.3) is 5.91 Å². The average Bonchev–Trinajstić information content (AvgIpc) is 2.68. The highest BCUT2D eigenvalue weighted by Crippen LogP contribution is 2.34. The van der Waals surface area contributed by atoms with Crippen LogP contribution in [0.2, 0.25) is 5.02 Å². The minimum Gasteiger partial charge on any atom is -0.338 e. The molecule has 0 aliphatic carbocycles. The molecule has 2 aromatic rings. The minimum atomic E-state index is -4.57. The number of carbonyl (C=O) groups excluding carboxylic acids is 2. The number of likely N-dealkylation sites (tertiary alicyclic amines) is 1. The monoisotopic (exact) mass is 442 g/mol. The van der Waals surface area contributed by atoms with Gasteiger partial charge in [-0.2, -0.15) is 13.2 Å². The normalized spacial score (nSPS) is 17.0. The van der Waals surface area contributed by atoms with Gasteiger partial charge in [0.05, 0.1) is 27.8 Å². The van der Waals surface area contributed by atoms with Crippen LogP contribution < -0.4 is 5.32 Å². The second-order valence-electron chi connectivity index (χ2n) is 7.20. The minimum absolute atomic E-state index is 0.0259. The van der Waals surface area contributed by atoms with E-state index >= 15 is 0 Å². The molecule has 160 valence electrons. The van der Waals surface area contributed by atoms with E-state index in [4.69, 9.17) is 11.6 Å². The first-order valence-corrected chi connectivity index (χ1v) is 9.67. The highest BCUT2D eigenvalue weighted by Gasteiger charge is 2.33. The van der Waals surface area contributed by atoms with E-state index in [1.54, 1.807) is 13.0 Å². The summed E-state index contributed by atoms with van der Waals surface area (Å²) in [6, 6.07) is 7.00. The Hall–Kier alpha value is -2.61. The Morgan fingerprint density at radius 3 is 2.60 bits per heavy atom. The number of alkyl halides is 3. The molecule has 0 bridgehead atoms. The first-order chi connectivity index (χ1) is 14.1. The Labute approximate surface area is 175 Å². The maximum absolute atomic E-state index is 14.1. The second-order valence-corrected chi connectivity index (χ2v) is 7.61. The molecule has 0 radical (unpaired) electrons. The molecule has 1 aliphatic rings. The van der Waals surface area contributed by atoms with Gasteiger partial charge in [-0.05, 0) is 49.6 Å². The van der Waals surface area contributed by atoms with Crippen molar-refractivity contribution in [1.29, 1.82) is 0 Å². The van der Waals surface area contributed by atoms with E-state index in [1.807, 2.05) is 0 Å². The van der Waals surface area contributed by atoms with Gasteiger partial charge in [-0.1, -0.05) is 23.7 Å². The number of rotatable bonds is 3. The van der Waals surface area contributed by atoms with Crippen LogP contribution in [-0.2, 0) is 11.0 Å². The maximum Gasteiger partial charge on any atom is 0.416 e. The van der Waals surface area contributed by atoms with Gasteiger partial charge in [-0.15, -0.1) is 0 Å².